The molecule has 0 aliphatic carbocycles. The van der Waals surface area contributed by atoms with Crippen molar-refractivity contribution in [3.05, 3.63) is 45.1 Å². The van der Waals surface area contributed by atoms with Gasteiger partial charge in [0.1, 0.15) is 4.88 Å². The number of nitro benzene ring substituents is 1. The van der Waals surface area contributed by atoms with Crippen LogP contribution in [0.25, 0.3) is 10.7 Å². The number of benzene rings is 1. The monoisotopic (exact) mass is 376 g/mol. The molecule has 2 aromatic heterocycles. The topological polar surface area (TPSA) is 99.6 Å². The van der Waals surface area contributed by atoms with Gasteiger partial charge in [-0.25, -0.2) is 0 Å². The van der Waals surface area contributed by atoms with Crippen LogP contribution in [0, 0.1) is 24.0 Å². The molecule has 0 aliphatic rings. The zero-order chi connectivity index (χ0) is 18.0. The third kappa shape index (κ3) is 3.54. The van der Waals surface area contributed by atoms with Crippen LogP contribution in [0.5, 0.6) is 0 Å². The molecule has 0 amide bonds. The van der Waals surface area contributed by atoms with Crippen molar-refractivity contribution in [1.82, 2.24) is 24.4 Å². The Morgan fingerprint density at radius 1 is 1.28 bits per heavy atom. The maximum absolute atomic E-state index is 11.2. The lowest BCUT2D eigenvalue weighted by molar-refractivity contribution is -0.385. The average molecular weight is 376 g/mol. The van der Waals surface area contributed by atoms with E-state index in [2.05, 4.69) is 19.8 Å². The number of nitrogens with zero attached hydrogens (tertiary/aromatic N) is 6. The Bertz CT molecular complexity index is 921. The summed E-state index contributed by atoms with van der Waals surface area (Å²) >= 11 is 2.72. The first-order valence-electron chi connectivity index (χ1n) is 7.60. The van der Waals surface area contributed by atoms with Gasteiger partial charge in [-0.1, -0.05) is 27.9 Å². The van der Waals surface area contributed by atoms with E-state index in [4.69, 9.17) is 0 Å². The van der Waals surface area contributed by atoms with Gasteiger partial charge >= 0.3 is 0 Å². The standard InChI is InChI=1S/C15H16N6O2S2/c1-4-20-14(13-10(3)16-19-25-13)17-18-15(20)24-8-11-7-9(2)5-6-12(11)21(22)23/h5-7H,4,8H2,1-3H3. The summed E-state index contributed by atoms with van der Waals surface area (Å²) < 4.78 is 5.93. The van der Waals surface area contributed by atoms with Crippen LogP contribution in [0.3, 0.4) is 0 Å². The molecule has 0 N–H and O–H groups in total. The van der Waals surface area contributed by atoms with E-state index in [0.29, 0.717) is 17.9 Å². The van der Waals surface area contributed by atoms with Gasteiger partial charge < -0.3 is 4.57 Å². The number of thioether (sulfide) groups is 1. The lowest BCUT2D eigenvalue weighted by Crippen LogP contribution is -2.00. The molecule has 0 unspecified atom stereocenters. The molecule has 0 saturated heterocycles. The minimum Gasteiger partial charge on any atom is -0.302 e. The van der Waals surface area contributed by atoms with Crippen LogP contribution >= 0.6 is 23.3 Å². The SMILES string of the molecule is CCn1c(SCc2cc(C)ccc2[N+](=O)[O-])nnc1-c1snnc1C. The minimum atomic E-state index is -0.350. The number of aryl methyl sites for hydroxylation is 2. The predicted octanol–water partition coefficient (Wildman–Crippen LogP) is 3.63. The minimum absolute atomic E-state index is 0.128. The number of hydrogen-bond donors (Lipinski definition) is 0. The molecule has 0 radical (unpaired) electrons. The first-order valence-corrected chi connectivity index (χ1v) is 9.36. The third-order valence-electron chi connectivity index (χ3n) is 3.68. The van der Waals surface area contributed by atoms with Crippen molar-refractivity contribution in [1.29, 1.82) is 0 Å². The Balaban J connectivity index is 1.88. The summed E-state index contributed by atoms with van der Waals surface area (Å²) in [6, 6.07) is 5.14. The number of hydrogen-bond acceptors (Lipinski definition) is 8. The predicted molar refractivity (Wildman–Crippen MR) is 96.7 cm³/mol. The van der Waals surface area contributed by atoms with Crippen LogP contribution in [0.1, 0.15) is 23.7 Å². The zero-order valence-electron chi connectivity index (χ0n) is 14.0. The Kier molecular flexibility index (Phi) is 5.09. The van der Waals surface area contributed by atoms with Gasteiger partial charge in [-0.3, -0.25) is 10.1 Å². The van der Waals surface area contributed by atoms with E-state index in [9.17, 15) is 10.1 Å². The molecule has 1 aromatic carbocycles. The normalized spacial score (nSPS) is 11.0. The van der Waals surface area contributed by atoms with Gasteiger partial charge in [0, 0.05) is 23.9 Å². The van der Waals surface area contributed by atoms with Gasteiger partial charge in [0.05, 0.1) is 10.6 Å². The molecule has 0 bridgehead atoms. The maximum atomic E-state index is 11.2. The molecule has 3 rings (SSSR count). The molecule has 25 heavy (non-hydrogen) atoms. The van der Waals surface area contributed by atoms with Gasteiger partial charge in [-0.15, -0.1) is 15.3 Å². The second-order valence-electron chi connectivity index (χ2n) is 5.42. The van der Waals surface area contributed by atoms with Crippen molar-refractivity contribution < 1.29 is 4.92 Å². The molecule has 0 atom stereocenters. The quantitative estimate of drug-likeness (QED) is 0.368. The summed E-state index contributed by atoms with van der Waals surface area (Å²) in [6.07, 6.45) is 0. The number of aromatic nitrogens is 5. The largest absolute Gasteiger partial charge is 0.302 e. The summed E-state index contributed by atoms with van der Waals surface area (Å²) in [5.74, 6) is 1.19. The summed E-state index contributed by atoms with van der Waals surface area (Å²) in [7, 11) is 0. The smallest absolute Gasteiger partial charge is 0.273 e. The van der Waals surface area contributed by atoms with Crippen LogP contribution in [-0.4, -0.2) is 29.3 Å². The number of nitro groups is 1. The Morgan fingerprint density at radius 3 is 2.72 bits per heavy atom. The fraction of sp³-hybridized carbons (Fsp3) is 0.333. The summed E-state index contributed by atoms with van der Waals surface area (Å²) in [5.41, 5.74) is 2.62. The second kappa shape index (κ2) is 7.28. The van der Waals surface area contributed by atoms with Crippen LogP contribution in [0.2, 0.25) is 0 Å². The van der Waals surface area contributed by atoms with Crippen LogP contribution in [0.4, 0.5) is 5.69 Å². The van der Waals surface area contributed by atoms with Crippen molar-refractivity contribution >= 4 is 29.0 Å². The van der Waals surface area contributed by atoms with E-state index >= 15 is 0 Å². The molecule has 2 heterocycles. The van der Waals surface area contributed by atoms with Gasteiger partial charge in [0.2, 0.25) is 0 Å². The first kappa shape index (κ1) is 17.5. The molecular weight excluding hydrogens is 360 g/mol. The highest BCUT2D eigenvalue weighted by molar-refractivity contribution is 7.98. The highest BCUT2D eigenvalue weighted by atomic mass is 32.2. The fourth-order valence-electron chi connectivity index (χ4n) is 2.44. The number of rotatable bonds is 6. The van der Waals surface area contributed by atoms with E-state index in [1.54, 1.807) is 12.1 Å². The zero-order valence-corrected chi connectivity index (χ0v) is 15.6. The average Bonchev–Trinajstić information content (AvgIpc) is 3.17. The van der Waals surface area contributed by atoms with E-state index in [-0.39, 0.29) is 10.6 Å². The maximum Gasteiger partial charge on any atom is 0.273 e. The van der Waals surface area contributed by atoms with Crippen LogP contribution in [-0.2, 0) is 12.3 Å². The van der Waals surface area contributed by atoms with E-state index in [1.165, 1.54) is 23.3 Å². The molecule has 0 saturated carbocycles. The van der Waals surface area contributed by atoms with E-state index in [1.807, 2.05) is 31.4 Å². The van der Waals surface area contributed by atoms with Gasteiger partial charge in [0.25, 0.3) is 5.69 Å². The van der Waals surface area contributed by atoms with E-state index in [0.717, 1.165) is 27.1 Å². The molecule has 0 spiro atoms. The fourth-order valence-corrected chi connectivity index (χ4v) is 4.07. The molecule has 0 fully saturated rings. The molecule has 130 valence electrons. The van der Waals surface area contributed by atoms with Crippen molar-refractivity contribution in [3.63, 3.8) is 0 Å². The molecule has 0 aliphatic heterocycles. The van der Waals surface area contributed by atoms with Crippen molar-refractivity contribution in [2.45, 2.75) is 38.2 Å². The molecule has 10 heteroatoms. The summed E-state index contributed by atoms with van der Waals surface area (Å²) in [5, 5.41) is 24.5. The van der Waals surface area contributed by atoms with Crippen LogP contribution in [0.15, 0.2) is 23.4 Å². The molecular formula is C15H16N6O2S2. The summed E-state index contributed by atoms with van der Waals surface area (Å²) in [4.78, 5) is 11.8. The van der Waals surface area contributed by atoms with Gasteiger partial charge in [0.15, 0.2) is 11.0 Å². The van der Waals surface area contributed by atoms with Crippen molar-refractivity contribution in [2.75, 3.05) is 0 Å². The van der Waals surface area contributed by atoms with Crippen molar-refractivity contribution in [3.8, 4) is 10.7 Å². The first-order chi connectivity index (χ1) is 12.0. The Morgan fingerprint density at radius 2 is 2.08 bits per heavy atom. The lowest BCUT2D eigenvalue weighted by atomic mass is 10.1. The Labute approximate surface area is 152 Å². The molecule has 3 aromatic rings. The highest BCUT2D eigenvalue weighted by Crippen LogP contribution is 2.31. The lowest BCUT2D eigenvalue weighted by Gasteiger charge is -2.07. The highest BCUT2D eigenvalue weighted by Gasteiger charge is 2.19. The molecule has 8 nitrogen and oxygen atoms in total. The summed E-state index contributed by atoms with van der Waals surface area (Å²) in [6.45, 7) is 6.51. The Hall–Kier alpha value is -2.33. The van der Waals surface area contributed by atoms with Gasteiger partial charge in [-0.2, -0.15) is 0 Å². The van der Waals surface area contributed by atoms with E-state index < -0.39 is 0 Å². The van der Waals surface area contributed by atoms with Gasteiger partial charge in [-0.05, 0) is 38.4 Å². The second-order valence-corrected chi connectivity index (χ2v) is 7.11. The van der Waals surface area contributed by atoms with Crippen molar-refractivity contribution in [2.24, 2.45) is 0 Å². The van der Waals surface area contributed by atoms with Crippen LogP contribution < -0.4 is 0 Å². The third-order valence-corrected chi connectivity index (χ3v) is 5.52.